The fourth-order valence-electron chi connectivity index (χ4n) is 13.6. The van der Waals surface area contributed by atoms with E-state index in [1.165, 1.54) is 61.6 Å². The summed E-state index contributed by atoms with van der Waals surface area (Å²) in [5, 5.41) is 5.01. The van der Waals surface area contributed by atoms with Gasteiger partial charge in [0.1, 0.15) is 28.6 Å². The van der Waals surface area contributed by atoms with Crippen molar-refractivity contribution in [2.24, 2.45) is 0 Å². The van der Waals surface area contributed by atoms with Crippen LogP contribution in [0.4, 0.5) is 8.78 Å². The minimum atomic E-state index is -3.15. The van der Waals surface area contributed by atoms with E-state index in [0.717, 1.165) is 132 Å². The van der Waals surface area contributed by atoms with Gasteiger partial charge in [0.25, 0.3) is 0 Å². The Bertz CT molecular complexity index is 4800. The summed E-state index contributed by atoms with van der Waals surface area (Å²) in [6.45, 7) is 9.55. The molecule has 3 fully saturated rings. The van der Waals surface area contributed by atoms with E-state index in [1.807, 2.05) is 76.9 Å². The Morgan fingerprint density at radius 1 is 0.442 bits per heavy atom. The van der Waals surface area contributed by atoms with Gasteiger partial charge in [0.05, 0.1) is 24.3 Å². The largest absolute Gasteiger partial charge is 0.361 e. The third kappa shape index (κ3) is 16.0. The number of nitrogens with one attached hydrogen (secondary N) is 5. The zero-order chi connectivity index (χ0) is 67.2. The van der Waals surface area contributed by atoms with Gasteiger partial charge in [-0.05, 0) is 152 Å². The van der Waals surface area contributed by atoms with E-state index in [1.54, 1.807) is 55.1 Å². The molecule has 13 heterocycles. The molecule has 2 amide bonds. The van der Waals surface area contributed by atoms with E-state index in [9.17, 15) is 43.6 Å². The van der Waals surface area contributed by atoms with Crippen LogP contribution >= 0.6 is 0 Å². The van der Waals surface area contributed by atoms with Crippen LogP contribution in [0.3, 0.4) is 0 Å². The highest BCUT2D eigenvalue weighted by molar-refractivity contribution is 7.88. The van der Waals surface area contributed by atoms with Crippen molar-refractivity contribution in [1.82, 2.24) is 62.6 Å². The number of aromatic nitrogens is 8. The number of pyridine rings is 3. The van der Waals surface area contributed by atoms with Crippen molar-refractivity contribution >= 4 is 108 Å². The zero-order valence-corrected chi connectivity index (χ0v) is 56.4. The molecule has 21 nitrogen and oxygen atoms in total. The number of H-pyrrole nitrogens is 5. The lowest BCUT2D eigenvalue weighted by Crippen LogP contribution is -2.37. The zero-order valence-electron chi connectivity index (χ0n) is 54.0. The van der Waals surface area contributed by atoms with Gasteiger partial charge in [-0.3, -0.25) is 9.59 Å². The highest BCUT2D eigenvalue weighted by atomic mass is 32.2. The molecule has 95 heavy (non-hydrogen) atoms. The second-order valence-electron chi connectivity index (χ2n) is 24.9. The minimum absolute atomic E-state index is 0.128. The summed E-state index contributed by atoms with van der Waals surface area (Å²) in [6, 6.07) is 22.1. The van der Waals surface area contributed by atoms with Crippen molar-refractivity contribution in [3.8, 4) is 0 Å². The summed E-state index contributed by atoms with van der Waals surface area (Å²) in [6.07, 6.45) is 29.7. The molecule has 0 saturated carbocycles. The van der Waals surface area contributed by atoms with Crippen LogP contribution in [0.2, 0.25) is 0 Å². The van der Waals surface area contributed by atoms with Gasteiger partial charge in [0.2, 0.25) is 41.9 Å². The maximum Gasteiger partial charge on any atom is 0.219 e. The third-order valence-electron chi connectivity index (χ3n) is 18.9. The quantitative estimate of drug-likeness (QED) is 0.0954. The van der Waals surface area contributed by atoms with E-state index >= 15 is 0 Å². The number of hydrogen-bond donors (Lipinski definition) is 5. The van der Waals surface area contributed by atoms with Crippen LogP contribution in [0, 0.1) is 11.6 Å². The average Bonchev–Trinajstić information content (AvgIpc) is 1.96. The van der Waals surface area contributed by atoms with Crippen LogP contribution in [0.1, 0.15) is 111 Å². The molecule has 10 aromatic rings. The van der Waals surface area contributed by atoms with Crippen molar-refractivity contribution in [3.63, 3.8) is 0 Å². The maximum absolute atomic E-state index is 14.0. The lowest BCUT2D eigenvalue weighted by Gasteiger charge is -2.31. The number of carbonyl (C=O) groups excluding carboxylic acids is 2. The van der Waals surface area contributed by atoms with E-state index in [0.29, 0.717) is 74.3 Å². The number of hydrogen-bond acceptors (Lipinski definition) is 11. The van der Waals surface area contributed by atoms with Crippen LogP contribution in [0.5, 0.6) is 0 Å². The van der Waals surface area contributed by atoms with Crippen molar-refractivity contribution in [2.75, 3.05) is 84.2 Å². The Kier molecular flexibility index (Phi) is 21.0. The Morgan fingerprint density at radius 3 is 1.32 bits per heavy atom. The van der Waals surface area contributed by atoms with E-state index < -0.39 is 30.1 Å². The molecule has 5 aliphatic rings. The summed E-state index contributed by atoms with van der Waals surface area (Å²) < 4.78 is 101. The van der Waals surface area contributed by atoms with Crippen LogP contribution in [0.15, 0.2) is 135 Å². The van der Waals surface area contributed by atoms with Gasteiger partial charge in [0.15, 0.2) is 0 Å². The number of nitrogens with zero attached hydrogens (tertiary/aromatic N) is 8. The predicted octanol–water partition coefficient (Wildman–Crippen LogP) is 11.0. The highest BCUT2D eigenvalue weighted by Crippen LogP contribution is 2.37. The molecule has 0 unspecified atom stereocenters. The first kappa shape index (κ1) is 68.0. The molecule has 2 aromatic carbocycles. The average molecular weight is 1350 g/mol. The summed E-state index contributed by atoms with van der Waals surface area (Å²) in [5.74, 6) is 1.17. The first-order valence-corrected chi connectivity index (χ1v) is 37.6. The number of likely N-dealkylation sites (tertiary alicyclic amines) is 2. The van der Waals surface area contributed by atoms with Crippen molar-refractivity contribution in [1.29, 1.82) is 0 Å². The fourth-order valence-corrected chi connectivity index (χ4v) is 16.0. The summed E-state index contributed by atoms with van der Waals surface area (Å²) >= 11 is 0. The lowest BCUT2D eigenvalue weighted by molar-refractivity contribution is -0.130. The molecule has 5 N–H and O–H groups in total. The topological polar surface area (TPSA) is 270 Å². The number of sulfonamides is 3. The van der Waals surface area contributed by atoms with E-state index in [2.05, 4.69) is 58.2 Å². The first-order chi connectivity index (χ1) is 45.5. The van der Waals surface area contributed by atoms with Crippen LogP contribution in [0.25, 0.3) is 66.1 Å². The number of para-hydroxylation sites is 1. The lowest BCUT2D eigenvalue weighted by atomic mass is 9.89. The SMILES string of the molecule is CC(=O)N1CCC(c2c[nH]c3cccc(F)c23)CC1.CC(=O)N1CCC(c2c[nH]c3ncccc23)CC1.CS(=O)(=O)N1CC=C(c2c[nH]c3c(F)cccc23)CC1.CS(=O)(=O)N1CC=C(c2c[nH]c3ncccc23)CC1.CS(=O)(=O)N1CCC(c2c[nH]c3ncccc23)CC1. The second-order valence-corrected chi connectivity index (χ2v) is 30.8. The molecule has 3 saturated heterocycles. The number of piperidine rings is 3. The van der Waals surface area contributed by atoms with E-state index in [4.69, 9.17) is 0 Å². The number of amides is 2. The normalized spacial score (nSPS) is 17.7. The molecule has 8 aromatic heterocycles. The molecule has 0 spiro atoms. The maximum atomic E-state index is 14.0. The Morgan fingerprint density at radius 2 is 0.842 bits per heavy atom. The Balaban J connectivity index is 0.000000121. The molecule has 502 valence electrons. The fraction of sp³-hybridized carbons (Fsp3) is 0.377. The Labute approximate surface area is 552 Å². The van der Waals surface area contributed by atoms with Crippen molar-refractivity contribution in [2.45, 2.75) is 83.0 Å². The molecular weight excluding hydrogens is 1270 g/mol. The second kappa shape index (κ2) is 29.3. The molecule has 0 aliphatic carbocycles. The number of benzene rings is 2. The minimum Gasteiger partial charge on any atom is -0.361 e. The van der Waals surface area contributed by atoms with E-state index in [-0.39, 0.29) is 23.4 Å². The highest BCUT2D eigenvalue weighted by Gasteiger charge is 2.30. The van der Waals surface area contributed by atoms with Gasteiger partial charge in [-0.15, -0.1) is 0 Å². The van der Waals surface area contributed by atoms with Gasteiger partial charge in [0, 0.05) is 172 Å². The summed E-state index contributed by atoms with van der Waals surface area (Å²) in [4.78, 5) is 54.9. The Hall–Kier alpha value is -8.40. The monoisotopic (exact) mass is 1350 g/mol. The van der Waals surface area contributed by atoms with Crippen molar-refractivity contribution in [3.05, 3.63) is 174 Å². The summed E-state index contributed by atoms with van der Waals surface area (Å²) in [7, 11) is -9.29. The molecule has 0 atom stereocenters. The third-order valence-corrected chi connectivity index (χ3v) is 22.7. The van der Waals surface area contributed by atoms with Gasteiger partial charge in [-0.2, -0.15) is 8.61 Å². The number of rotatable bonds is 8. The predicted molar refractivity (Wildman–Crippen MR) is 370 cm³/mol. The van der Waals surface area contributed by atoms with Gasteiger partial charge in [-0.25, -0.2) is 53.3 Å². The molecule has 5 aliphatic heterocycles. The first-order valence-electron chi connectivity index (χ1n) is 32.0. The van der Waals surface area contributed by atoms with Crippen LogP contribution < -0.4 is 0 Å². The molecule has 15 rings (SSSR count). The molecule has 0 bridgehead atoms. The standard InChI is InChI=1S/C15H17FN2O.C14H15FN2O2S.C14H17N3O.C13H17N3O2S.C13H15N3O2S/c1-10(19)18-7-5-11(6-8-18)12-9-17-14-4-2-3-13(16)15(12)14;1-20(18,19)17-7-5-10(6-8-17)12-9-16-14-11(12)3-2-4-13(14)15;1-10(18)17-7-4-11(5-8-17)13-9-16-14-12(13)3-2-6-15-14;2*1-19(17,18)16-7-4-10(5-8-16)12-9-15-13-11(12)3-2-6-14-13/h2-4,9,11,17H,5-8H2,1H3;2-5,9,16H,6-8H2,1H3;2-3,6,9,11H,4-5,7-8H2,1H3,(H,15,16);2-3,6,9-10H,4-5,7-8H2,1H3,(H,14,15);2-4,6,9H,5,7-8H2,1H3,(H,14,15). The summed E-state index contributed by atoms with van der Waals surface area (Å²) in [5.41, 5.74) is 12.0. The van der Waals surface area contributed by atoms with Gasteiger partial charge >= 0.3 is 0 Å². The number of halogens is 2. The number of carbonyl (C=O) groups is 2. The molecule has 26 heteroatoms. The van der Waals surface area contributed by atoms with Gasteiger partial charge in [-0.1, -0.05) is 30.4 Å². The number of aromatic amines is 5. The molecular formula is C69H81F2N13O8S3. The molecule has 0 radical (unpaired) electrons. The number of fused-ring (bicyclic) bond motifs is 5. The van der Waals surface area contributed by atoms with Crippen LogP contribution in [-0.4, -0.2) is 184 Å². The van der Waals surface area contributed by atoms with Crippen molar-refractivity contribution < 1.29 is 43.6 Å². The van der Waals surface area contributed by atoms with Gasteiger partial charge < -0.3 is 34.7 Å². The smallest absolute Gasteiger partial charge is 0.219 e. The van der Waals surface area contributed by atoms with Crippen LogP contribution in [-0.2, 0) is 39.7 Å².